The average Bonchev–Trinajstić information content (AvgIpc) is 2.85. The lowest BCUT2D eigenvalue weighted by molar-refractivity contribution is 0.190. The molecule has 19 heavy (non-hydrogen) atoms. The summed E-state index contributed by atoms with van der Waals surface area (Å²) in [7, 11) is 0. The van der Waals surface area contributed by atoms with Crippen molar-refractivity contribution in [2.75, 3.05) is 0 Å². The molecule has 0 radical (unpaired) electrons. The Morgan fingerprint density at radius 3 is 2.84 bits per heavy atom. The van der Waals surface area contributed by atoms with E-state index in [1.807, 2.05) is 42.9 Å². The Morgan fingerprint density at radius 1 is 1.42 bits per heavy atom. The normalized spacial score (nSPS) is 12.4. The summed E-state index contributed by atoms with van der Waals surface area (Å²) in [5.74, 6) is 0.727. The quantitative estimate of drug-likeness (QED) is 0.899. The third kappa shape index (κ3) is 3.35. The van der Waals surface area contributed by atoms with Crippen molar-refractivity contribution in [3.8, 4) is 5.75 Å². The molecule has 2 rings (SSSR count). The molecule has 4 heteroatoms. The van der Waals surface area contributed by atoms with Crippen LogP contribution in [0, 0.1) is 6.92 Å². The van der Waals surface area contributed by atoms with Gasteiger partial charge in [-0.3, -0.25) is 4.68 Å². The van der Waals surface area contributed by atoms with Crippen LogP contribution >= 0.6 is 0 Å². The van der Waals surface area contributed by atoms with Gasteiger partial charge in [-0.25, -0.2) is 0 Å². The Kier molecular flexibility index (Phi) is 4.22. The van der Waals surface area contributed by atoms with Crippen LogP contribution in [0.4, 0.5) is 0 Å². The molecule has 0 saturated heterocycles. The van der Waals surface area contributed by atoms with Crippen molar-refractivity contribution in [1.82, 2.24) is 9.78 Å². The van der Waals surface area contributed by atoms with Gasteiger partial charge >= 0.3 is 0 Å². The molecule has 102 valence electrons. The van der Waals surface area contributed by atoms with Crippen LogP contribution in [-0.2, 0) is 13.2 Å². The molecule has 1 aromatic heterocycles. The van der Waals surface area contributed by atoms with E-state index >= 15 is 0 Å². The Hall–Kier alpha value is -1.81. The number of aliphatic hydroxyl groups is 1. The van der Waals surface area contributed by atoms with E-state index in [2.05, 4.69) is 5.10 Å². The smallest absolute Gasteiger partial charge is 0.125 e. The van der Waals surface area contributed by atoms with Gasteiger partial charge in [-0.2, -0.15) is 5.10 Å². The van der Waals surface area contributed by atoms with Crippen LogP contribution in [0.3, 0.4) is 0 Å². The highest BCUT2D eigenvalue weighted by Crippen LogP contribution is 2.26. The number of benzene rings is 1. The number of ether oxygens (including phenoxy) is 1. The van der Waals surface area contributed by atoms with Gasteiger partial charge in [0.05, 0.1) is 12.3 Å². The Balaban J connectivity index is 2.10. The third-order valence-corrected chi connectivity index (χ3v) is 3.02. The zero-order chi connectivity index (χ0) is 13.8. The summed E-state index contributed by atoms with van der Waals surface area (Å²) >= 11 is 0. The number of rotatable bonds is 5. The molecule has 0 saturated carbocycles. The van der Waals surface area contributed by atoms with Crippen LogP contribution in [0.2, 0.25) is 0 Å². The van der Waals surface area contributed by atoms with Gasteiger partial charge in [0.15, 0.2) is 0 Å². The third-order valence-electron chi connectivity index (χ3n) is 3.02. The summed E-state index contributed by atoms with van der Waals surface area (Å²) in [6.45, 7) is 7.10. The van der Waals surface area contributed by atoms with Crippen molar-refractivity contribution >= 4 is 0 Å². The molecule has 0 spiro atoms. The molecule has 4 nitrogen and oxygen atoms in total. The lowest BCUT2D eigenvalue weighted by atomic mass is 10.1. The van der Waals surface area contributed by atoms with Gasteiger partial charge in [0.2, 0.25) is 0 Å². The fourth-order valence-corrected chi connectivity index (χ4v) is 1.94. The Labute approximate surface area is 113 Å². The van der Waals surface area contributed by atoms with Crippen molar-refractivity contribution in [3.63, 3.8) is 0 Å². The lowest BCUT2D eigenvalue weighted by Crippen LogP contribution is -2.01. The van der Waals surface area contributed by atoms with Gasteiger partial charge in [0, 0.05) is 23.9 Å². The Bertz CT molecular complexity index is 547. The number of hydrogen-bond acceptors (Lipinski definition) is 3. The average molecular weight is 260 g/mol. The summed E-state index contributed by atoms with van der Waals surface area (Å²) < 4.78 is 7.65. The molecule has 0 aliphatic rings. The standard InChI is InChI=1S/C15H20N2O2/c1-4-17-9-13(8-16-17)10-19-15-6-5-11(2)7-14(15)12(3)18/h5-9,12,18H,4,10H2,1-3H3. The molecule has 0 fully saturated rings. The molecule has 2 aromatic rings. The van der Waals surface area contributed by atoms with Gasteiger partial charge in [0.25, 0.3) is 0 Å². The molecule has 1 N–H and O–H groups in total. The fourth-order valence-electron chi connectivity index (χ4n) is 1.94. The van der Waals surface area contributed by atoms with E-state index in [0.717, 1.165) is 29.0 Å². The van der Waals surface area contributed by atoms with Gasteiger partial charge in [-0.05, 0) is 32.9 Å². The van der Waals surface area contributed by atoms with Crippen molar-refractivity contribution in [1.29, 1.82) is 0 Å². The zero-order valence-electron chi connectivity index (χ0n) is 11.6. The van der Waals surface area contributed by atoms with Crippen molar-refractivity contribution in [2.24, 2.45) is 0 Å². The first-order valence-electron chi connectivity index (χ1n) is 6.53. The van der Waals surface area contributed by atoms with Crippen molar-refractivity contribution in [3.05, 3.63) is 47.3 Å². The highest BCUT2D eigenvalue weighted by molar-refractivity contribution is 5.38. The first kappa shape index (κ1) is 13.6. The molecule has 1 heterocycles. The van der Waals surface area contributed by atoms with Crippen molar-refractivity contribution in [2.45, 2.75) is 40.0 Å². The number of aliphatic hydroxyl groups excluding tert-OH is 1. The predicted molar refractivity (Wildman–Crippen MR) is 74.0 cm³/mol. The first-order valence-corrected chi connectivity index (χ1v) is 6.53. The fraction of sp³-hybridized carbons (Fsp3) is 0.400. The molecule has 1 aromatic carbocycles. The van der Waals surface area contributed by atoms with E-state index in [-0.39, 0.29) is 0 Å². The maximum atomic E-state index is 9.77. The first-order chi connectivity index (χ1) is 9.10. The maximum absolute atomic E-state index is 9.77. The van der Waals surface area contributed by atoms with Crippen LogP contribution in [0.15, 0.2) is 30.6 Å². The summed E-state index contributed by atoms with van der Waals surface area (Å²) in [5.41, 5.74) is 2.96. The molecular formula is C15H20N2O2. The minimum Gasteiger partial charge on any atom is -0.488 e. The van der Waals surface area contributed by atoms with E-state index in [4.69, 9.17) is 4.74 Å². The number of nitrogens with zero attached hydrogens (tertiary/aromatic N) is 2. The summed E-state index contributed by atoms with van der Waals surface area (Å²) in [4.78, 5) is 0. The Morgan fingerprint density at radius 2 is 2.21 bits per heavy atom. The molecule has 0 aliphatic heterocycles. The largest absolute Gasteiger partial charge is 0.488 e. The van der Waals surface area contributed by atoms with Crippen LogP contribution < -0.4 is 4.74 Å². The second kappa shape index (κ2) is 5.89. The highest BCUT2D eigenvalue weighted by atomic mass is 16.5. The summed E-state index contributed by atoms with van der Waals surface area (Å²) in [6.07, 6.45) is 3.24. The number of aromatic nitrogens is 2. The second-order valence-corrected chi connectivity index (χ2v) is 4.71. The van der Waals surface area contributed by atoms with Crippen molar-refractivity contribution < 1.29 is 9.84 Å². The van der Waals surface area contributed by atoms with Gasteiger partial charge < -0.3 is 9.84 Å². The van der Waals surface area contributed by atoms with E-state index in [1.165, 1.54) is 0 Å². The van der Waals surface area contributed by atoms with Crippen LogP contribution in [-0.4, -0.2) is 14.9 Å². The number of hydrogen-bond donors (Lipinski definition) is 1. The minimum absolute atomic E-state index is 0.461. The topological polar surface area (TPSA) is 47.3 Å². The predicted octanol–water partition coefficient (Wildman–Crippen LogP) is 2.84. The lowest BCUT2D eigenvalue weighted by Gasteiger charge is -2.13. The second-order valence-electron chi connectivity index (χ2n) is 4.71. The van der Waals surface area contributed by atoms with E-state index < -0.39 is 6.10 Å². The van der Waals surface area contributed by atoms with Crippen LogP contribution in [0.25, 0.3) is 0 Å². The molecule has 1 atom stereocenters. The molecule has 0 aliphatic carbocycles. The number of aryl methyl sites for hydroxylation is 2. The van der Waals surface area contributed by atoms with E-state index in [0.29, 0.717) is 6.61 Å². The van der Waals surface area contributed by atoms with Gasteiger partial charge in [0.1, 0.15) is 12.4 Å². The monoisotopic (exact) mass is 260 g/mol. The molecule has 0 bridgehead atoms. The maximum Gasteiger partial charge on any atom is 0.125 e. The van der Waals surface area contributed by atoms with Crippen LogP contribution in [0.1, 0.15) is 36.6 Å². The molecular weight excluding hydrogens is 240 g/mol. The SMILES string of the molecule is CCn1cc(COc2ccc(C)cc2C(C)O)cn1. The van der Waals surface area contributed by atoms with Crippen LogP contribution in [0.5, 0.6) is 5.75 Å². The van der Waals surface area contributed by atoms with Gasteiger partial charge in [-0.15, -0.1) is 0 Å². The minimum atomic E-state index is -0.534. The molecule has 1 unspecified atom stereocenters. The molecule has 0 amide bonds. The highest BCUT2D eigenvalue weighted by Gasteiger charge is 2.10. The summed E-state index contributed by atoms with van der Waals surface area (Å²) in [6, 6.07) is 5.84. The van der Waals surface area contributed by atoms with E-state index in [9.17, 15) is 5.11 Å². The van der Waals surface area contributed by atoms with E-state index in [1.54, 1.807) is 13.1 Å². The van der Waals surface area contributed by atoms with Gasteiger partial charge in [-0.1, -0.05) is 11.6 Å². The zero-order valence-corrected chi connectivity index (χ0v) is 11.6. The summed E-state index contributed by atoms with van der Waals surface area (Å²) in [5, 5.41) is 14.0.